The third-order valence-electron chi connectivity index (χ3n) is 1.51. The number of aryl methyl sites for hydroxylation is 1. The standard InChI is InChI=1S/C7H9ClN2O/c1-10-5-9-7(8)6(10)3-2-4-11/h4-5H,2-3H2,1H3. The molecule has 0 aliphatic heterocycles. The fourth-order valence-electron chi connectivity index (χ4n) is 0.902. The lowest BCUT2D eigenvalue weighted by Crippen LogP contribution is -1.95. The van der Waals surface area contributed by atoms with Gasteiger partial charge in [-0.2, -0.15) is 0 Å². The maximum Gasteiger partial charge on any atom is 0.150 e. The van der Waals surface area contributed by atoms with Crippen molar-refractivity contribution in [2.75, 3.05) is 0 Å². The maximum absolute atomic E-state index is 10.0. The topological polar surface area (TPSA) is 34.9 Å². The number of rotatable bonds is 3. The zero-order valence-electron chi connectivity index (χ0n) is 6.25. The summed E-state index contributed by atoms with van der Waals surface area (Å²) in [6.07, 6.45) is 3.68. The van der Waals surface area contributed by atoms with Crippen molar-refractivity contribution in [2.45, 2.75) is 12.8 Å². The smallest absolute Gasteiger partial charge is 0.150 e. The molecule has 1 heterocycles. The summed E-state index contributed by atoms with van der Waals surface area (Å²) in [6.45, 7) is 0. The first kappa shape index (κ1) is 8.27. The summed E-state index contributed by atoms with van der Waals surface area (Å²) in [7, 11) is 1.86. The van der Waals surface area contributed by atoms with Crippen LogP contribution in [0.4, 0.5) is 0 Å². The van der Waals surface area contributed by atoms with Gasteiger partial charge in [0.05, 0.1) is 12.0 Å². The van der Waals surface area contributed by atoms with Crippen molar-refractivity contribution in [3.63, 3.8) is 0 Å². The summed E-state index contributed by atoms with van der Waals surface area (Å²) in [5, 5.41) is 0.495. The van der Waals surface area contributed by atoms with Crippen molar-refractivity contribution in [2.24, 2.45) is 7.05 Å². The Morgan fingerprint density at radius 2 is 2.55 bits per heavy atom. The van der Waals surface area contributed by atoms with Gasteiger partial charge in [0.15, 0.2) is 0 Å². The molecular formula is C7H9ClN2O. The molecule has 0 saturated carbocycles. The van der Waals surface area contributed by atoms with Gasteiger partial charge in [-0.1, -0.05) is 11.6 Å². The Labute approximate surface area is 70.0 Å². The number of nitrogens with zero attached hydrogens (tertiary/aromatic N) is 2. The zero-order valence-corrected chi connectivity index (χ0v) is 7.01. The molecule has 1 rings (SSSR count). The van der Waals surface area contributed by atoms with Crippen molar-refractivity contribution in [3.05, 3.63) is 17.2 Å². The van der Waals surface area contributed by atoms with Crippen LogP contribution in [0.3, 0.4) is 0 Å². The van der Waals surface area contributed by atoms with Crippen molar-refractivity contribution < 1.29 is 4.79 Å². The average molecular weight is 173 g/mol. The van der Waals surface area contributed by atoms with Gasteiger partial charge in [-0.05, 0) is 6.42 Å². The number of carbonyl (C=O) groups is 1. The Morgan fingerprint density at radius 1 is 1.82 bits per heavy atom. The number of hydrogen-bond acceptors (Lipinski definition) is 2. The van der Waals surface area contributed by atoms with E-state index in [0.717, 1.165) is 12.0 Å². The molecule has 0 unspecified atom stereocenters. The average Bonchev–Trinajstić information content (AvgIpc) is 2.29. The molecule has 0 atom stereocenters. The first-order valence-corrected chi connectivity index (χ1v) is 3.73. The molecule has 11 heavy (non-hydrogen) atoms. The van der Waals surface area contributed by atoms with E-state index >= 15 is 0 Å². The molecule has 1 aromatic rings. The number of halogens is 1. The van der Waals surface area contributed by atoms with E-state index in [9.17, 15) is 4.79 Å². The van der Waals surface area contributed by atoms with Gasteiger partial charge in [-0.25, -0.2) is 4.98 Å². The first-order valence-electron chi connectivity index (χ1n) is 3.35. The van der Waals surface area contributed by atoms with Gasteiger partial charge in [0.2, 0.25) is 0 Å². The number of hydrogen-bond donors (Lipinski definition) is 0. The van der Waals surface area contributed by atoms with Crippen LogP contribution in [0.15, 0.2) is 6.33 Å². The second-order valence-corrected chi connectivity index (χ2v) is 2.66. The van der Waals surface area contributed by atoms with Gasteiger partial charge in [0.25, 0.3) is 0 Å². The van der Waals surface area contributed by atoms with Crippen LogP contribution in [0.2, 0.25) is 5.15 Å². The van der Waals surface area contributed by atoms with Gasteiger partial charge in [-0.3, -0.25) is 0 Å². The molecule has 0 spiro atoms. The van der Waals surface area contributed by atoms with Gasteiger partial charge < -0.3 is 9.36 Å². The zero-order chi connectivity index (χ0) is 8.27. The lowest BCUT2D eigenvalue weighted by atomic mass is 10.3. The molecule has 60 valence electrons. The highest BCUT2D eigenvalue weighted by Gasteiger charge is 2.04. The molecule has 4 heteroatoms. The second-order valence-electron chi connectivity index (χ2n) is 2.30. The van der Waals surface area contributed by atoms with Gasteiger partial charge >= 0.3 is 0 Å². The molecule has 0 N–H and O–H groups in total. The van der Waals surface area contributed by atoms with Crippen LogP contribution in [0.1, 0.15) is 12.1 Å². The van der Waals surface area contributed by atoms with E-state index < -0.39 is 0 Å². The van der Waals surface area contributed by atoms with E-state index in [1.165, 1.54) is 0 Å². The Morgan fingerprint density at radius 3 is 3.00 bits per heavy atom. The van der Waals surface area contributed by atoms with Crippen LogP contribution in [-0.2, 0) is 18.3 Å². The molecular weight excluding hydrogens is 164 g/mol. The summed E-state index contributed by atoms with van der Waals surface area (Å²) in [5.41, 5.74) is 0.916. The Kier molecular flexibility index (Phi) is 2.65. The van der Waals surface area contributed by atoms with Crippen LogP contribution < -0.4 is 0 Å². The highest BCUT2D eigenvalue weighted by molar-refractivity contribution is 6.30. The molecule has 0 aliphatic rings. The Hall–Kier alpha value is -0.830. The van der Waals surface area contributed by atoms with Crippen molar-refractivity contribution in [1.29, 1.82) is 0 Å². The van der Waals surface area contributed by atoms with Gasteiger partial charge in [0.1, 0.15) is 11.4 Å². The number of imidazole rings is 1. The van der Waals surface area contributed by atoms with Crippen LogP contribution in [-0.4, -0.2) is 15.8 Å². The summed E-state index contributed by atoms with van der Waals surface area (Å²) in [4.78, 5) is 13.9. The quantitative estimate of drug-likeness (QED) is 0.643. The fourth-order valence-corrected chi connectivity index (χ4v) is 1.17. The fraction of sp³-hybridized carbons (Fsp3) is 0.429. The third kappa shape index (κ3) is 1.80. The summed E-state index contributed by atoms with van der Waals surface area (Å²) < 4.78 is 1.83. The normalized spacial score (nSPS) is 10.0. The van der Waals surface area contributed by atoms with Crippen LogP contribution in [0.25, 0.3) is 0 Å². The first-order chi connectivity index (χ1) is 5.25. The number of aromatic nitrogens is 2. The lowest BCUT2D eigenvalue weighted by Gasteiger charge is -1.97. The minimum absolute atomic E-state index is 0.495. The van der Waals surface area contributed by atoms with Crippen molar-refractivity contribution in [1.82, 2.24) is 9.55 Å². The van der Waals surface area contributed by atoms with E-state index in [4.69, 9.17) is 11.6 Å². The monoisotopic (exact) mass is 172 g/mol. The second kappa shape index (κ2) is 3.53. The molecule has 0 saturated heterocycles. The molecule has 0 aliphatic carbocycles. The number of aldehydes is 1. The van der Waals surface area contributed by atoms with E-state index in [0.29, 0.717) is 18.0 Å². The molecule has 0 aromatic carbocycles. The van der Waals surface area contributed by atoms with Crippen molar-refractivity contribution >= 4 is 17.9 Å². The number of carbonyl (C=O) groups excluding carboxylic acids is 1. The predicted octanol–water partition coefficient (Wildman–Crippen LogP) is 1.20. The molecule has 1 aromatic heterocycles. The van der Waals surface area contributed by atoms with Gasteiger partial charge in [-0.15, -0.1) is 0 Å². The summed E-state index contributed by atoms with van der Waals surface area (Å²) >= 11 is 5.73. The summed E-state index contributed by atoms with van der Waals surface area (Å²) in [6, 6.07) is 0. The highest BCUT2D eigenvalue weighted by atomic mass is 35.5. The van der Waals surface area contributed by atoms with E-state index in [-0.39, 0.29) is 0 Å². The third-order valence-corrected chi connectivity index (χ3v) is 1.82. The molecule has 0 amide bonds. The largest absolute Gasteiger partial charge is 0.336 e. The van der Waals surface area contributed by atoms with Crippen molar-refractivity contribution in [3.8, 4) is 0 Å². The predicted molar refractivity (Wildman–Crippen MR) is 42.6 cm³/mol. The van der Waals surface area contributed by atoms with Crippen LogP contribution in [0.5, 0.6) is 0 Å². The Bertz CT molecular complexity index is 237. The van der Waals surface area contributed by atoms with E-state index in [1.54, 1.807) is 6.33 Å². The van der Waals surface area contributed by atoms with Crippen LogP contribution in [0, 0.1) is 0 Å². The minimum Gasteiger partial charge on any atom is -0.336 e. The molecule has 3 nitrogen and oxygen atoms in total. The SMILES string of the molecule is Cn1cnc(Cl)c1CCC=O. The molecule has 0 fully saturated rings. The van der Waals surface area contributed by atoms with Gasteiger partial charge in [0, 0.05) is 13.5 Å². The summed E-state index contributed by atoms with van der Waals surface area (Å²) in [5.74, 6) is 0. The lowest BCUT2D eigenvalue weighted by molar-refractivity contribution is -0.107. The Balaban J connectivity index is 2.74. The van der Waals surface area contributed by atoms with E-state index in [1.807, 2.05) is 11.6 Å². The van der Waals surface area contributed by atoms with Crippen LogP contribution >= 0.6 is 11.6 Å². The maximum atomic E-state index is 10.0. The molecule has 0 radical (unpaired) electrons. The van der Waals surface area contributed by atoms with E-state index in [2.05, 4.69) is 4.98 Å². The minimum atomic E-state index is 0.495. The highest BCUT2D eigenvalue weighted by Crippen LogP contribution is 2.13. The molecule has 0 bridgehead atoms.